The van der Waals surface area contributed by atoms with E-state index in [-0.39, 0.29) is 5.97 Å². The van der Waals surface area contributed by atoms with Crippen molar-refractivity contribution in [3.8, 4) is 0 Å². The van der Waals surface area contributed by atoms with Crippen LogP contribution < -0.4 is 0 Å². The molecule has 0 spiro atoms. The van der Waals surface area contributed by atoms with Crippen LogP contribution >= 0.6 is 11.6 Å². The third kappa shape index (κ3) is 3.68. The summed E-state index contributed by atoms with van der Waals surface area (Å²) >= 11 is 5.21. The molecule has 0 N–H and O–H groups in total. The number of halogens is 1. The Morgan fingerprint density at radius 3 is 2.88 bits per heavy atom. The minimum Gasteiger partial charge on any atom is -0.466 e. The normalized spacial score (nSPS) is 9.75. The zero-order valence-corrected chi connectivity index (χ0v) is 5.31. The summed E-state index contributed by atoms with van der Waals surface area (Å²) in [6.45, 7) is 0. The molecule has 0 aromatic rings. The van der Waals surface area contributed by atoms with E-state index in [0.29, 0.717) is 5.88 Å². The first-order chi connectivity index (χ1) is 3.81. The number of methoxy groups -OCH3 is 1. The standard InChI is InChI=1S/C5H7ClO2/c1-8-5(7)3-2-4-6/h2-3H,4H2,1H3. The van der Waals surface area contributed by atoms with Gasteiger partial charge in [-0.2, -0.15) is 0 Å². The third-order valence-corrected chi connectivity index (χ3v) is 0.722. The SMILES string of the molecule is COC(=O)C=CCCl. The molecule has 0 saturated carbocycles. The van der Waals surface area contributed by atoms with Gasteiger partial charge in [0.1, 0.15) is 0 Å². The summed E-state index contributed by atoms with van der Waals surface area (Å²) in [5.74, 6) is -0.0274. The fraction of sp³-hybridized carbons (Fsp3) is 0.400. The predicted octanol–water partition coefficient (Wildman–Crippen LogP) is 0.954. The summed E-state index contributed by atoms with van der Waals surface area (Å²) in [6, 6.07) is 0. The van der Waals surface area contributed by atoms with Gasteiger partial charge >= 0.3 is 5.97 Å². The lowest BCUT2D eigenvalue weighted by Gasteiger charge is -1.85. The van der Waals surface area contributed by atoms with Gasteiger partial charge in [-0.1, -0.05) is 6.08 Å². The van der Waals surface area contributed by atoms with Crippen molar-refractivity contribution in [1.82, 2.24) is 0 Å². The molecular weight excluding hydrogens is 128 g/mol. The zero-order valence-electron chi connectivity index (χ0n) is 4.56. The van der Waals surface area contributed by atoms with E-state index in [4.69, 9.17) is 11.6 Å². The van der Waals surface area contributed by atoms with Crippen LogP contribution in [-0.4, -0.2) is 19.0 Å². The van der Waals surface area contributed by atoms with Crippen LogP contribution in [0.1, 0.15) is 0 Å². The van der Waals surface area contributed by atoms with Crippen LogP contribution in [0.5, 0.6) is 0 Å². The molecule has 0 aliphatic rings. The van der Waals surface area contributed by atoms with Crippen LogP contribution in [0, 0.1) is 0 Å². The van der Waals surface area contributed by atoms with Gasteiger partial charge in [0.2, 0.25) is 0 Å². The molecule has 0 amide bonds. The molecule has 0 rings (SSSR count). The van der Waals surface area contributed by atoms with Crippen LogP contribution in [0.2, 0.25) is 0 Å². The van der Waals surface area contributed by atoms with Gasteiger partial charge in [-0.05, 0) is 0 Å². The van der Waals surface area contributed by atoms with E-state index in [0.717, 1.165) is 0 Å². The monoisotopic (exact) mass is 134 g/mol. The van der Waals surface area contributed by atoms with Gasteiger partial charge in [0, 0.05) is 12.0 Å². The van der Waals surface area contributed by atoms with Crippen LogP contribution in [0.15, 0.2) is 12.2 Å². The van der Waals surface area contributed by atoms with Gasteiger partial charge in [-0.25, -0.2) is 4.79 Å². The molecular formula is C5H7ClO2. The fourth-order valence-corrected chi connectivity index (χ4v) is 0.298. The quantitative estimate of drug-likeness (QED) is 0.319. The highest BCUT2D eigenvalue weighted by molar-refractivity contribution is 6.19. The van der Waals surface area contributed by atoms with Crippen molar-refractivity contribution in [2.24, 2.45) is 0 Å². The highest BCUT2D eigenvalue weighted by Gasteiger charge is 1.86. The van der Waals surface area contributed by atoms with Crippen LogP contribution in [0.4, 0.5) is 0 Å². The number of rotatable bonds is 2. The topological polar surface area (TPSA) is 26.3 Å². The van der Waals surface area contributed by atoms with E-state index in [1.165, 1.54) is 19.3 Å². The molecule has 0 aromatic carbocycles. The van der Waals surface area contributed by atoms with Crippen molar-refractivity contribution < 1.29 is 9.53 Å². The first-order valence-electron chi connectivity index (χ1n) is 2.11. The zero-order chi connectivity index (χ0) is 6.41. The number of hydrogen-bond donors (Lipinski definition) is 0. The molecule has 3 heteroatoms. The number of esters is 1. The molecule has 46 valence electrons. The average molecular weight is 135 g/mol. The van der Waals surface area contributed by atoms with Gasteiger partial charge in [-0.15, -0.1) is 11.6 Å². The van der Waals surface area contributed by atoms with Crippen LogP contribution in [0.25, 0.3) is 0 Å². The second-order valence-electron chi connectivity index (χ2n) is 1.08. The molecule has 2 nitrogen and oxygen atoms in total. The minimum absolute atomic E-state index is 0.342. The van der Waals surface area contributed by atoms with Crippen LogP contribution in [-0.2, 0) is 9.53 Å². The number of carbonyl (C=O) groups is 1. The van der Waals surface area contributed by atoms with Gasteiger partial charge < -0.3 is 4.74 Å². The van der Waals surface area contributed by atoms with Crippen molar-refractivity contribution in [2.75, 3.05) is 13.0 Å². The largest absolute Gasteiger partial charge is 0.466 e. The van der Waals surface area contributed by atoms with Crippen molar-refractivity contribution in [1.29, 1.82) is 0 Å². The van der Waals surface area contributed by atoms with E-state index in [9.17, 15) is 4.79 Å². The van der Waals surface area contributed by atoms with Gasteiger partial charge in [-0.3, -0.25) is 0 Å². The number of allylic oxidation sites excluding steroid dienone is 1. The van der Waals surface area contributed by atoms with E-state index >= 15 is 0 Å². The molecule has 0 atom stereocenters. The lowest BCUT2D eigenvalue weighted by Crippen LogP contribution is -1.93. The lowest BCUT2D eigenvalue weighted by molar-refractivity contribution is -0.134. The third-order valence-electron chi connectivity index (χ3n) is 0.544. The maximum atomic E-state index is 10.2. The van der Waals surface area contributed by atoms with Crippen molar-refractivity contribution >= 4 is 17.6 Å². The Morgan fingerprint density at radius 2 is 2.50 bits per heavy atom. The molecule has 0 aliphatic heterocycles. The van der Waals surface area contributed by atoms with E-state index in [1.54, 1.807) is 0 Å². The Bertz CT molecular complexity index is 98.6. The van der Waals surface area contributed by atoms with Crippen molar-refractivity contribution in [3.63, 3.8) is 0 Å². The number of carbonyl (C=O) groups excluding carboxylic acids is 1. The number of ether oxygens (including phenoxy) is 1. The number of alkyl halides is 1. The Balaban J connectivity index is 3.37. The second kappa shape index (κ2) is 4.65. The Hall–Kier alpha value is -0.500. The van der Waals surface area contributed by atoms with E-state index < -0.39 is 0 Å². The molecule has 0 fully saturated rings. The average Bonchev–Trinajstić information content (AvgIpc) is 1.83. The molecule has 0 saturated heterocycles. The lowest BCUT2D eigenvalue weighted by atomic mass is 10.5. The summed E-state index contributed by atoms with van der Waals surface area (Å²) < 4.78 is 4.27. The van der Waals surface area contributed by atoms with Crippen molar-refractivity contribution in [3.05, 3.63) is 12.2 Å². The summed E-state index contributed by atoms with van der Waals surface area (Å²) in [7, 11) is 1.32. The van der Waals surface area contributed by atoms with Crippen molar-refractivity contribution in [2.45, 2.75) is 0 Å². The summed E-state index contributed by atoms with van der Waals surface area (Å²) in [4.78, 5) is 10.2. The molecule has 0 bridgehead atoms. The maximum Gasteiger partial charge on any atom is 0.330 e. The molecule has 8 heavy (non-hydrogen) atoms. The van der Waals surface area contributed by atoms with Gasteiger partial charge in [0.05, 0.1) is 7.11 Å². The van der Waals surface area contributed by atoms with Gasteiger partial charge in [0.25, 0.3) is 0 Å². The minimum atomic E-state index is -0.370. The first kappa shape index (κ1) is 7.50. The predicted molar refractivity (Wildman–Crippen MR) is 31.9 cm³/mol. The fourth-order valence-electron chi connectivity index (χ4n) is 0.209. The summed E-state index contributed by atoms with van der Waals surface area (Å²) in [5.41, 5.74) is 0. The molecule has 0 aliphatic carbocycles. The number of hydrogen-bond acceptors (Lipinski definition) is 2. The smallest absolute Gasteiger partial charge is 0.330 e. The molecule has 0 unspecified atom stereocenters. The van der Waals surface area contributed by atoms with Crippen LogP contribution in [0.3, 0.4) is 0 Å². The molecule has 0 radical (unpaired) electrons. The highest BCUT2D eigenvalue weighted by atomic mass is 35.5. The Kier molecular flexibility index (Phi) is 4.36. The molecule has 0 aromatic heterocycles. The van der Waals surface area contributed by atoms with E-state index in [1.807, 2.05) is 0 Å². The summed E-state index contributed by atoms with van der Waals surface area (Å²) in [5, 5.41) is 0. The second-order valence-corrected chi connectivity index (χ2v) is 1.39. The highest BCUT2D eigenvalue weighted by Crippen LogP contribution is 1.79. The maximum absolute atomic E-state index is 10.2. The summed E-state index contributed by atoms with van der Waals surface area (Å²) in [6.07, 6.45) is 2.81. The Morgan fingerprint density at radius 1 is 1.88 bits per heavy atom. The molecule has 0 heterocycles. The first-order valence-corrected chi connectivity index (χ1v) is 2.65. The van der Waals surface area contributed by atoms with Gasteiger partial charge in [0.15, 0.2) is 0 Å². The van der Waals surface area contributed by atoms with E-state index in [2.05, 4.69) is 4.74 Å². The Labute approximate surface area is 53.1 Å².